The molecule has 0 fully saturated rings. The lowest BCUT2D eigenvalue weighted by atomic mass is 9.80. The molecule has 0 unspecified atom stereocenters. The van der Waals surface area contributed by atoms with Gasteiger partial charge in [0, 0.05) is 60.2 Å². The number of rotatable bonds is 5. The van der Waals surface area contributed by atoms with E-state index in [0.717, 1.165) is 50.6 Å². The molecule has 10 rings (SSSR count). The molecule has 9 aromatic rings. The summed E-state index contributed by atoms with van der Waals surface area (Å²) in [5.74, 6) is 0.726. The number of benzene rings is 6. The number of pyridine rings is 1. The summed E-state index contributed by atoms with van der Waals surface area (Å²) in [5, 5.41) is 2.63. The Labute approximate surface area is 307 Å². The number of hydrogen-bond acceptors (Lipinski definition) is 4. The summed E-state index contributed by atoms with van der Waals surface area (Å²) in [7, 11) is 0. The zero-order valence-corrected chi connectivity index (χ0v) is 29.7. The molecule has 0 radical (unpaired) electrons. The van der Waals surface area contributed by atoms with Gasteiger partial charge in [0.05, 0.1) is 11.4 Å². The number of nitrogens with zero attached hydrogens (tertiary/aromatic N) is 3. The fourth-order valence-corrected chi connectivity index (χ4v) is 9.26. The molecule has 1 aliphatic rings. The Morgan fingerprint density at radius 2 is 1.04 bits per heavy atom. The molecule has 3 nitrogen and oxygen atoms in total. The first-order valence-corrected chi connectivity index (χ1v) is 18.5. The smallest absolute Gasteiger partial charge is 0.160 e. The summed E-state index contributed by atoms with van der Waals surface area (Å²) in [6, 6.07) is 54.5. The molecule has 0 N–H and O–H groups in total. The summed E-state index contributed by atoms with van der Waals surface area (Å²) >= 11 is 1.87. The summed E-state index contributed by atoms with van der Waals surface area (Å²) in [6.07, 6.45) is 3.69. The van der Waals surface area contributed by atoms with Crippen molar-refractivity contribution >= 4 is 31.5 Å². The molecule has 52 heavy (non-hydrogen) atoms. The summed E-state index contributed by atoms with van der Waals surface area (Å²) in [4.78, 5) is 15.0. The van der Waals surface area contributed by atoms with Gasteiger partial charge >= 0.3 is 0 Å². The minimum Gasteiger partial charge on any atom is -0.265 e. The average molecular weight is 684 g/mol. The molecule has 0 saturated heterocycles. The molecule has 0 aliphatic heterocycles. The van der Waals surface area contributed by atoms with Gasteiger partial charge < -0.3 is 0 Å². The van der Waals surface area contributed by atoms with Gasteiger partial charge in [-0.05, 0) is 75.3 Å². The van der Waals surface area contributed by atoms with Crippen LogP contribution in [0.3, 0.4) is 0 Å². The van der Waals surface area contributed by atoms with E-state index in [1.165, 1.54) is 48.0 Å². The van der Waals surface area contributed by atoms with Crippen LogP contribution in [0.4, 0.5) is 0 Å². The Hall–Kier alpha value is -6.23. The Morgan fingerprint density at radius 3 is 1.87 bits per heavy atom. The van der Waals surface area contributed by atoms with Crippen molar-refractivity contribution < 1.29 is 0 Å². The second-order valence-corrected chi connectivity index (χ2v) is 15.1. The Balaban J connectivity index is 1.11. The van der Waals surface area contributed by atoms with E-state index in [1.807, 2.05) is 23.7 Å². The van der Waals surface area contributed by atoms with Crippen LogP contribution in [-0.4, -0.2) is 15.0 Å². The lowest BCUT2D eigenvalue weighted by Gasteiger charge is -2.24. The monoisotopic (exact) mass is 683 g/mol. The molecular weight excluding hydrogens is 651 g/mol. The van der Waals surface area contributed by atoms with Crippen LogP contribution in [0.25, 0.3) is 87.5 Å². The third-order valence-corrected chi connectivity index (χ3v) is 11.8. The maximum absolute atomic E-state index is 5.43. The van der Waals surface area contributed by atoms with Crippen LogP contribution < -0.4 is 0 Å². The van der Waals surface area contributed by atoms with Gasteiger partial charge in [-0.1, -0.05) is 129 Å². The first-order chi connectivity index (χ1) is 25.5. The van der Waals surface area contributed by atoms with E-state index >= 15 is 0 Å². The van der Waals surface area contributed by atoms with E-state index in [1.54, 1.807) is 0 Å². The van der Waals surface area contributed by atoms with Crippen LogP contribution in [0.1, 0.15) is 25.0 Å². The van der Waals surface area contributed by atoms with Gasteiger partial charge in [-0.15, -0.1) is 11.3 Å². The van der Waals surface area contributed by atoms with E-state index in [9.17, 15) is 0 Å². The molecule has 0 bridgehead atoms. The minimum atomic E-state index is -0.258. The van der Waals surface area contributed by atoms with Gasteiger partial charge in [0.2, 0.25) is 0 Å². The van der Waals surface area contributed by atoms with Crippen molar-refractivity contribution in [2.24, 2.45) is 0 Å². The largest absolute Gasteiger partial charge is 0.265 e. The van der Waals surface area contributed by atoms with Crippen LogP contribution in [0.15, 0.2) is 164 Å². The van der Waals surface area contributed by atoms with Gasteiger partial charge in [-0.3, -0.25) is 4.98 Å². The Kier molecular flexibility index (Phi) is 7.02. The molecule has 0 atom stereocenters. The van der Waals surface area contributed by atoms with Gasteiger partial charge in [0.15, 0.2) is 5.82 Å². The standard InChI is InChI=1S/C48H33N3S/c1-48(2)41-21-5-3-18-40(41)45-43(48)44(35-15-8-11-31(28-35)30-23-25-49-26-24-30)50-47(51-45)36-16-9-13-33(29-36)32-12-7-14-34(27-32)37-19-10-20-39-38-17-4-6-22-42(38)52-46(37)39/h3-29H,1-2H3. The van der Waals surface area contributed by atoms with Gasteiger partial charge in [0.1, 0.15) is 0 Å². The molecule has 0 spiro atoms. The van der Waals surface area contributed by atoms with Crippen LogP contribution in [0.5, 0.6) is 0 Å². The first kappa shape index (κ1) is 30.6. The first-order valence-electron chi connectivity index (χ1n) is 17.7. The quantitative estimate of drug-likeness (QED) is 0.181. The number of aromatic nitrogens is 3. The molecule has 1 aliphatic carbocycles. The van der Waals surface area contributed by atoms with Crippen molar-refractivity contribution in [1.29, 1.82) is 0 Å². The summed E-state index contributed by atoms with van der Waals surface area (Å²) < 4.78 is 2.64. The maximum atomic E-state index is 5.43. The minimum absolute atomic E-state index is 0.258. The highest BCUT2D eigenvalue weighted by molar-refractivity contribution is 7.26. The highest BCUT2D eigenvalue weighted by Gasteiger charge is 2.40. The molecular formula is C48H33N3S. The highest BCUT2D eigenvalue weighted by Crippen LogP contribution is 2.51. The third kappa shape index (κ3) is 4.90. The molecule has 6 aromatic carbocycles. The molecule has 0 amide bonds. The van der Waals surface area contributed by atoms with Gasteiger partial charge in [-0.25, -0.2) is 9.97 Å². The van der Waals surface area contributed by atoms with E-state index in [0.29, 0.717) is 0 Å². The fraction of sp³-hybridized carbons (Fsp3) is 0.0625. The van der Waals surface area contributed by atoms with Crippen LogP contribution in [-0.2, 0) is 5.41 Å². The molecule has 3 heterocycles. The van der Waals surface area contributed by atoms with E-state index in [2.05, 4.69) is 170 Å². The van der Waals surface area contributed by atoms with Gasteiger partial charge in [-0.2, -0.15) is 0 Å². The molecule has 4 heteroatoms. The van der Waals surface area contributed by atoms with Crippen molar-refractivity contribution in [2.45, 2.75) is 19.3 Å². The normalized spacial score (nSPS) is 13.0. The molecule has 246 valence electrons. The lowest BCUT2D eigenvalue weighted by molar-refractivity contribution is 0.658. The highest BCUT2D eigenvalue weighted by atomic mass is 32.1. The lowest BCUT2D eigenvalue weighted by Crippen LogP contribution is -2.17. The van der Waals surface area contributed by atoms with Crippen molar-refractivity contribution in [3.63, 3.8) is 0 Å². The predicted octanol–water partition coefficient (Wildman–Crippen LogP) is 12.9. The number of thiophene rings is 1. The molecule has 3 aromatic heterocycles. The summed E-state index contributed by atoms with van der Waals surface area (Å²) in [6.45, 7) is 4.59. The van der Waals surface area contributed by atoms with Crippen LogP contribution in [0.2, 0.25) is 0 Å². The van der Waals surface area contributed by atoms with E-state index in [-0.39, 0.29) is 5.41 Å². The van der Waals surface area contributed by atoms with Crippen LogP contribution >= 0.6 is 11.3 Å². The van der Waals surface area contributed by atoms with E-state index < -0.39 is 0 Å². The predicted molar refractivity (Wildman–Crippen MR) is 217 cm³/mol. The van der Waals surface area contributed by atoms with Gasteiger partial charge in [0.25, 0.3) is 0 Å². The topological polar surface area (TPSA) is 38.7 Å². The maximum Gasteiger partial charge on any atom is 0.160 e. The number of fused-ring (bicyclic) bond motifs is 6. The van der Waals surface area contributed by atoms with E-state index in [4.69, 9.17) is 9.97 Å². The fourth-order valence-electron chi connectivity index (χ4n) is 8.02. The van der Waals surface area contributed by atoms with Crippen molar-refractivity contribution in [2.75, 3.05) is 0 Å². The van der Waals surface area contributed by atoms with Crippen molar-refractivity contribution in [3.05, 3.63) is 175 Å². The summed E-state index contributed by atoms with van der Waals surface area (Å²) in [5.41, 5.74) is 14.5. The Bertz CT molecular complexity index is 2830. The second kappa shape index (κ2) is 11.9. The average Bonchev–Trinajstić information content (AvgIpc) is 3.70. The van der Waals surface area contributed by atoms with Crippen molar-refractivity contribution in [1.82, 2.24) is 15.0 Å². The van der Waals surface area contributed by atoms with Crippen molar-refractivity contribution in [3.8, 4) is 67.3 Å². The SMILES string of the molecule is CC1(C)c2ccccc2-c2nc(-c3cccc(-c4cccc(-c5cccc6c5sc5ccccc56)c4)c3)nc(-c3cccc(-c4ccncc4)c3)c21. The zero-order valence-electron chi connectivity index (χ0n) is 28.8. The zero-order chi connectivity index (χ0) is 34.8. The van der Waals surface area contributed by atoms with Crippen LogP contribution in [0, 0.1) is 0 Å². The number of hydrogen-bond donors (Lipinski definition) is 0. The second-order valence-electron chi connectivity index (χ2n) is 14.0. The Morgan fingerprint density at radius 1 is 0.462 bits per heavy atom. The third-order valence-electron chi connectivity index (χ3n) is 10.6. The molecule has 0 saturated carbocycles.